The molecular formula is C47H82NO10P. The highest BCUT2D eigenvalue weighted by atomic mass is 31.2. The number of phosphoric ester groups is 1. The number of carbonyl (C=O) groups is 3. The molecule has 0 radical (unpaired) electrons. The van der Waals surface area contributed by atoms with Crippen LogP contribution in [0.4, 0.5) is 0 Å². The van der Waals surface area contributed by atoms with Gasteiger partial charge in [-0.05, 0) is 57.8 Å². The number of carboxylic acid groups (broad SMARTS) is 1. The number of esters is 2. The number of carbonyl (C=O) groups excluding carboxylic acids is 2. The number of ether oxygens (including phenoxy) is 2. The minimum absolute atomic E-state index is 0.112. The fourth-order valence-corrected chi connectivity index (χ4v) is 6.79. The molecule has 0 aliphatic heterocycles. The van der Waals surface area contributed by atoms with Gasteiger partial charge < -0.3 is 25.2 Å². The lowest BCUT2D eigenvalue weighted by atomic mass is 10.0. The van der Waals surface area contributed by atoms with E-state index in [1.807, 2.05) is 36.5 Å². The number of hydrogen-bond acceptors (Lipinski definition) is 9. The van der Waals surface area contributed by atoms with E-state index in [1.165, 1.54) is 96.3 Å². The molecule has 59 heavy (non-hydrogen) atoms. The summed E-state index contributed by atoms with van der Waals surface area (Å²) in [6.07, 6.45) is 48.7. The van der Waals surface area contributed by atoms with Crippen molar-refractivity contribution in [2.75, 3.05) is 19.8 Å². The van der Waals surface area contributed by atoms with Gasteiger partial charge in [-0.2, -0.15) is 0 Å². The summed E-state index contributed by atoms with van der Waals surface area (Å²) < 4.78 is 32.7. The molecule has 0 aromatic rings. The van der Waals surface area contributed by atoms with E-state index in [9.17, 15) is 23.8 Å². The van der Waals surface area contributed by atoms with Crippen molar-refractivity contribution in [1.82, 2.24) is 0 Å². The molecule has 2 unspecified atom stereocenters. The van der Waals surface area contributed by atoms with Crippen molar-refractivity contribution in [2.24, 2.45) is 5.73 Å². The van der Waals surface area contributed by atoms with E-state index in [2.05, 4.69) is 42.7 Å². The van der Waals surface area contributed by atoms with Crippen molar-refractivity contribution in [2.45, 2.75) is 199 Å². The van der Waals surface area contributed by atoms with Gasteiger partial charge in [0.05, 0.1) is 13.2 Å². The molecular weight excluding hydrogens is 769 g/mol. The minimum atomic E-state index is -4.73. The third-order valence-corrected chi connectivity index (χ3v) is 10.5. The van der Waals surface area contributed by atoms with E-state index in [1.54, 1.807) is 0 Å². The average molecular weight is 852 g/mol. The van der Waals surface area contributed by atoms with Gasteiger partial charge in [0.1, 0.15) is 12.6 Å². The fourth-order valence-electron chi connectivity index (χ4n) is 6.01. The summed E-state index contributed by atoms with van der Waals surface area (Å²) in [5.74, 6) is -2.44. The standard InChI is InChI=1S/C47H82NO10P/c1-3-5-7-9-11-13-15-17-18-19-20-21-22-23-24-25-27-28-30-32-34-36-38-45(49)55-40-43(41-56-59(53,54)57-42-44(48)47(51)52)58-46(50)39-37-35-33-31-29-26-16-14-12-10-8-6-4-2/h6,8,10,12,14,16,22-23,26,29,43-44H,3-5,7,9,11,13,15,17-21,24-25,27-28,30-42,48H2,1-2H3,(H,51,52)(H,53,54)/b8-6+,12-10+,16-14+,23-22+,29-26+/t43?,44-/m1/s1. The Hall–Kier alpha value is -2.82. The lowest BCUT2D eigenvalue weighted by Crippen LogP contribution is -2.34. The number of allylic oxidation sites excluding steroid dienone is 10. The average Bonchev–Trinajstić information content (AvgIpc) is 3.21. The van der Waals surface area contributed by atoms with Crippen LogP contribution in [0.3, 0.4) is 0 Å². The Kier molecular flexibility index (Phi) is 39.9. The van der Waals surface area contributed by atoms with E-state index in [4.69, 9.17) is 24.8 Å². The van der Waals surface area contributed by atoms with Crippen LogP contribution in [0.15, 0.2) is 60.8 Å². The summed E-state index contributed by atoms with van der Waals surface area (Å²) >= 11 is 0. The van der Waals surface area contributed by atoms with Crippen molar-refractivity contribution in [3.63, 3.8) is 0 Å². The predicted octanol–water partition coefficient (Wildman–Crippen LogP) is 12.3. The van der Waals surface area contributed by atoms with Gasteiger partial charge in [-0.1, -0.05) is 177 Å². The van der Waals surface area contributed by atoms with Crippen molar-refractivity contribution in [1.29, 1.82) is 0 Å². The van der Waals surface area contributed by atoms with Crippen LogP contribution in [-0.4, -0.2) is 59.9 Å². The SMILES string of the molecule is CC/C=C/C=C/C=C/C=C/CCCCCC(=O)OC(COC(=O)CCCCCCCCC/C=C/CCCCCCCCCCCCC)COP(=O)(O)OC[C@@H](N)C(=O)O. The first kappa shape index (κ1) is 56.2. The number of nitrogens with two attached hydrogens (primary N) is 1. The van der Waals surface area contributed by atoms with Crippen LogP contribution in [0.5, 0.6) is 0 Å². The summed E-state index contributed by atoms with van der Waals surface area (Å²) in [7, 11) is -4.73. The van der Waals surface area contributed by atoms with Crippen molar-refractivity contribution in [3.8, 4) is 0 Å². The Labute approximate surface area is 357 Å². The first-order valence-electron chi connectivity index (χ1n) is 22.9. The van der Waals surface area contributed by atoms with Gasteiger partial charge in [0.15, 0.2) is 6.10 Å². The highest BCUT2D eigenvalue weighted by molar-refractivity contribution is 7.47. The van der Waals surface area contributed by atoms with Gasteiger partial charge in [0, 0.05) is 12.8 Å². The van der Waals surface area contributed by atoms with Crippen LogP contribution >= 0.6 is 7.82 Å². The topological polar surface area (TPSA) is 172 Å². The van der Waals surface area contributed by atoms with Crippen LogP contribution in [0.2, 0.25) is 0 Å². The second kappa shape index (κ2) is 41.9. The Morgan fingerprint density at radius 3 is 1.49 bits per heavy atom. The number of unbranched alkanes of at least 4 members (excludes halogenated alkanes) is 21. The second-order valence-corrected chi connectivity index (χ2v) is 16.7. The molecule has 0 spiro atoms. The van der Waals surface area contributed by atoms with Gasteiger partial charge in [0.25, 0.3) is 0 Å². The smallest absolute Gasteiger partial charge is 0.472 e. The van der Waals surface area contributed by atoms with Crippen molar-refractivity contribution in [3.05, 3.63) is 60.8 Å². The highest BCUT2D eigenvalue weighted by Gasteiger charge is 2.28. The number of rotatable bonds is 42. The van der Waals surface area contributed by atoms with E-state index in [0.29, 0.717) is 12.8 Å². The summed E-state index contributed by atoms with van der Waals surface area (Å²) in [6.45, 7) is 2.62. The fraction of sp³-hybridized carbons (Fsp3) is 0.723. The molecule has 0 aliphatic carbocycles. The molecule has 0 heterocycles. The first-order chi connectivity index (χ1) is 28.6. The Morgan fingerprint density at radius 1 is 0.542 bits per heavy atom. The van der Waals surface area contributed by atoms with E-state index >= 15 is 0 Å². The van der Waals surface area contributed by atoms with Crippen molar-refractivity contribution < 1.29 is 47.5 Å². The molecule has 0 amide bonds. The number of aliphatic carboxylic acids is 1. The molecule has 0 bridgehead atoms. The van der Waals surface area contributed by atoms with Crippen LogP contribution < -0.4 is 5.73 Å². The molecule has 0 aromatic heterocycles. The maximum atomic E-state index is 12.6. The normalized spacial score (nSPS) is 14.2. The van der Waals surface area contributed by atoms with Gasteiger partial charge >= 0.3 is 25.7 Å². The van der Waals surface area contributed by atoms with Crippen LogP contribution in [0.25, 0.3) is 0 Å². The molecule has 3 atom stereocenters. The Balaban J connectivity index is 4.30. The zero-order chi connectivity index (χ0) is 43.5. The molecule has 0 fully saturated rings. The molecule has 11 nitrogen and oxygen atoms in total. The molecule has 0 saturated heterocycles. The van der Waals surface area contributed by atoms with E-state index < -0.39 is 51.1 Å². The van der Waals surface area contributed by atoms with E-state index in [0.717, 1.165) is 51.4 Å². The number of carboxylic acids is 1. The lowest BCUT2D eigenvalue weighted by molar-refractivity contribution is -0.161. The maximum absolute atomic E-state index is 12.6. The largest absolute Gasteiger partial charge is 0.480 e. The lowest BCUT2D eigenvalue weighted by Gasteiger charge is -2.20. The van der Waals surface area contributed by atoms with Crippen LogP contribution in [0, 0.1) is 0 Å². The summed E-state index contributed by atoms with van der Waals surface area (Å²) in [5.41, 5.74) is 5.33. The van der Waals surface area contributed by atoms with Gasteiger partial charge in [-0.3, -0.25) is 23.4 Å². The number of hydrogen-bond donors (Lipinski definition) is 3. The van der Waals surface area contributed by atoms with Gasteiger partial charge in [-0.25, -0.2) is 4.57 Å². The summed E-state index contributed by atoms with van der Waals surface area (Å²) in [5, 5.41) is 8.89. The summed E-state index contributed by atoms with van der Waals surface area (Å²) in [4.78, 5) is 46.0. The zero-order valence-electron chi connectivity index (χ0n) is 36.8. The first-order valence-corrected chi connectivity index (χ1v) is 24.4. The third kappa shape index (κ3) is 41.7. The molecule has 0 saturated carbocycles. The second-order valence-electron chi connectivity index (χ2n) is 15.2. The molecule has 0 rings (SSSR count). The Morgan fingerprint density at radius 2 is 0.966 bits per heavy atom. The van der Waals surface area contributed by atoms with Gasteiger partial charge in [-0.15, -0.1) is 0 Å². The van der Waals surface area contributed by atoms with Crippen molar-refractivity contribution >= 4 is 25.7 Å². The molecule has 0 aromatic carbocycles. The summed E-state index contributed by atoms with van der Waals surface area (Å²) in [6, 6.07) is -1.53. The molecule has 12 heteroatoms. The van der Waals surface area contributed by atoms with Crippen LogP contribution in [-0.2, 0) is 37.5 Å². The van der Waals surface area contributed by atoms with Crippen LogP contribution in [0.1, 0.15) is 187 Å². The number of phosphoric acid groups is 1. The third-order valence-electron chi connectivity index (χ3n) is 9.59. The van der Waals surface area contributed by atoms with E-state index in [-0.39, 0.29) is 19.4 Å². The molecule has 4 N–H and O–H groups in total. The Bertz CT molecular complexity index is 1230. The molecule has 0 aliphatic rings. The quantitative estimate of drug-likeness (QED) is 0.0175. The van der Waals surface area contributed by atoms with Gasteiger partial charge in [0.2, 0.25) is 0 Å². The zero-order valence-corrected chi connectivity index (χ0v) is 37.7. The molecule has 340 valence electrons. The highest BCUT2D eigenvalue weighted by Crippen LogP contribution is 2.43. The minimum Gasteiger partial charge on any atom is -0.480 e. The predicted molar refractivity (Wildman–Crippen MR) is 240 cm³/mol. The monoisotopic (exact) mass is 852 g/mol. The maximum Gasteiger partial charge on any atom is 0.472 e.